The molecule has 0 N–H and O–H groups in total. The molecule has 0 radical (unpaired) electrons. The molecule has 0 saturated heterocycles. The van der Waals surface area contributed by atoms with Crippen LogP contribution in [0.3, 0.4) is 0 Å². The summed E-state index contributed by atoms with van der Waals surface area (Å²) in [4.78, 5) is 0. The highest BCUT2D eigenvalue weighted by Gasteiger charge is 2.33. The van der Waals surface area contributed by atoms with Crippen molar-refractivity contribution in [2.75, 3.05) is 19.8 Å². The van der Waals surface area contributed by atoms with E-state index < -0.39 is 18.0 Å². The van der Waals surface area contributed by atoms with Crippen LogP contribution in [0.1, 0.15) is 25.8 Å². The normalized spacial score (nSPS) is 11.9. The first kappa shape index (κ1) is 16.8. The molecule has 1 aromatic rings. The minimum absolute atomic E-state index is 0.0950. The van der Waals surface area contributed by atoms with Gasteiger partial charge in [-0.1, -0.05) is 12.1 Å². The van der Waals surface area contributed by atoms with Gasteiger partial charge < -0.3 is 14.2 Å². The summed E-state index contributed by atoms with van der Waals surface area (Å²) in [5, 5.41) is 0. The van der Waals surface area contributed by atoms with Crippen LogP contribution in [0.25, 0.3) is 0 Å². The number of para-hydroxylation sites is 1. The molecule has 0 spiro atoms. The van der Waals surface area contributed by atoms with E-state index in [9.17, 15) is 13.2 Å². The van der Waals surface area contributed by atoms with Gasteiger partial charge in [0, 0.05) is 19.6 Å². The van der Waals surface area contributed by atoms with Crippen LogP contribution in [-0.4, -0.2) is 26.1 Å². The molecule has 0 bridgehead atoms. The number of rotatable bonds is 8. The summed E-state index contributed by atoms with van der Waals surface area (Å²) in [7, 11) is 0. The molecule has 0 atom stereocenters. The maximum absolute atomic E-state index is 12.7. The van der Waals surface area contributed by atoms with Gasteiger partial charge in [0.15, 0.2) is 6.29 Å². The fraction of sp³-hybridized carbons (Fsp3) is 0.571. The lowest BCUT2D eigenvalue weighted by molar-refractivity contribution is -0.144. The predicted octanol–water partition coefficient (Wildman–Crippen LogP) is 3.87. The number of alkyl halides is 3. The summed E-state index contributed by atoms with van der Waals surface area (Å²) in [6, 6.07) is 5.14. The van der Waals surface area contributed by atoms with Gasteiger partial charge in [0.25, 0.3) is 0 Å². The average molecular weight is 292 g/mol. The number of benzene rings is 1. The van der Waals surface area contributed by atoms with Crippen molar-refractivity contribution < 1.29 is 27.4 Å². The molecule has 0 aromatic heterocycles. The highest BCUT2D eigenvalue weighted by molar-refractivity contribution is 5.35. The SMILES string of the molecule is CCOC(CCOc1ccccc1C(F)(F)F)OCC. The summed E-state index contributed by atoms with van der Waals surface area (Å²) >= 11 is 0. The standard InChI is InChI=1S/C14H19F3O3/c1-3-18-13(19-4-2)9-10-20-12-8-6-5-7-11(12)14(15,16)17/h5-8,13H,3-4,9-10H2,1-2H3. The third kappa shape index (κ3) is 5.38. The molecule has 0 heterocycles. The first-order valence-electron chi connectivity index (χ1n) is 6.51. The lowest BCUT2D eigenvalue weighted by atomic mass is 10.2. The summed E-state index contributed by atoms with van der Waals surface area (Å²) in [5.41, 5.74) is -0.774. The maximum atomic E-state index is 12.7. The Labute approximate surface area is 116 Å². The second kappa shape index (κ2) is 8.11. The molecule has 114 valence electrons. The van der Waals surface area contributed by atoms with Crippen molar-refractivity contribution in [3.05, 3.63) is 29.8 Å². The highest BCUT2D eigenvalue weighted by Crippen LogP contribution is 2.35. The van der Waals surface area contributed by atoms with Gasteiger partial charge in [-0.25, -0.2) is 0 Å². The van der Waals surface area contributed by atoms with Crippen LogP contribution in [-0.2, 0) is 15.7 Å². The molecule has 0 aliphatic carbocycles. The summed E-state index contributed by atoms with van der Waals surface area (Å²) in [6.45, 7) is 4.70. The van der Waals surface area contributed by atoms with E-state index >= 15 is 0 Å². The second-order valence-corrected chi connectivity index (χ2v) is 3.97. The van der Waals surface area contributed by atoms with E-state index in [0.717, 1.165) is 6.07 Å². The maximum Gasteiger partial charge on any atom is 0.419 e. The van der Waals surface area contributed by atoms with Crippen molar-refractivity contribution >= 4 is 0 Å². The number of ether oxygens (including phenoxy) is 3. The van der Waals surface area contributed by atoms with Crippen LogP contribution in [0, 0.1) is 0 Å². The van der Waals surface area contributed by atoms with Crippen molar-refractivity contribution in [3.63, 3.8) is 0 Å². The molecule has 1 aromatic carbocycles. The molecular weight excluding hydrogens is 273 g/mol. The monoisotopic (exact) mass is 292 g/mol. The summed E-state index contributed by atoms with van der Waals surface area (Å²) < 4.78 is 54.0. The van der Waals surface area contributed by atoms with Gasteiger partial charge in [0.2, 0.25) is 0 Å². The third-order valence-corrected chi connectivity index (χ3v) is 2.51. The van der Waals surface area contributed by atoms with Gasteiger partial charge in [0.1, 0.15) is 5.75 Å². The number of halogens is 3. The Balaban J connectivity index is 2.57. The Morgan fingerprint density at radius 3 is 2.20 bits per heavy atom. The lowest BCUT2D eigenvalue weighted by Gasteiger charge is -2.18. The first-order chi connectivity index (χ1) is 9.49. The van der Waals surface area contributed by atoms with Crippen molar-refractivity contribution in [2.45, 2.75) is 32.7 Å². The molecule has 0 unspecified atom stereocenters. The Kier molecular flexibility index (Phi) is 6.81. The fourth-order valence-corrected chi connectivity index (χ4v) is 1.68. The zero-order chi connectivity index (χ0) is 15.0. The van der Waals surface area contributed by atoms with E-state index in [-0.39, 0.29) is 12.4 Å². The highest BCUT2D eigenvalue weighted by atomic mass is 19.4. The molecule has 0 fully saturated rings. The van der Waals surface area contributed by atoms with Crippen LogP contribution < -0.4 is 4.74 Å². The van der Waals surface area contributed by atoms with E-state index in [1.165, 1.54) is 18.2 Å². The molecule has 20 heavy (non-hydrogen) atoms. The van der Waals surface area contributed by atoms with Gasteiger partial charge >= 0.3 is 6.18 Å². The van der Waals surface area contributed by atoms with Crippen molar-refractivity contribution in [3.8, 4) is 5.75 Å². The Morgan fingerprint density at radius 1 is 1.05 bits per heavy atom. The Bertz CT molecular complexity index is 387. The number of hydrogen-bond donors (Lipinski definition) is 0. The molecule has 6 heteroatoms. The number of hydrogen-bond acceptors (Lipinski definition) is 3. The van der Waals surface area contributed by atoms with Crippen LogP contribution in [0.15, 0.2) is 24.3 Å². The van der Waals surface area contributed by atoms with E-state index in [4.69, 9.17) is 14.2 Å². The zero-order valence-electron chi connectivity index (χ0n) is 11.6. The van der Waals surface area contributed by atoms with Crippen LogP contribution >= 0.6 is 0 Å². The van der Waals surface area contributed by atoms with Gasteiger partial charge in [-0.3, -0.25) is 0 Å². The Hall–Kier alpha value is -1.27. The van der Waals surface area contributed by atoms with Crippen LogP contribution in [0.4, 0.5) is 13.2 Å². The minimum atomic E-state index is -4.42. The average Bonchev–Trinajstić information content (AvgIpc) is 2.38. The van der Waals surface area contributed by atoms with Crippen molar-refractivity contribution in [1.29, 1.82) is 0 Å². The van der Waals surface area contributed by atoms with E-state index in [2.05, 4.69) is 0 Å². The fourth-order valence-electron chi connectivity index (χ4n) is 1.68. The van der Waals surface area contributed by atoms with Crippen LogP contribution in [0.2, 0.25) is 0 Å². The summed E-state index contributed by atoms with van der Waals surface area (Å²) in [5.74, 6) is -0.174. The molecule has 0 amide bonds. The molecule has 0 aliphatic heterocycles. The third-order valence-electron chi connectivity index (χ3n) is 2.51. The van der Waals surface area contributed by atoms with E-state index in [0.29, 0.717) is 19.6 Å². The molecule has 1 rings (SSSR count). The quantitative estimate of drug-likeness (QED) is 0.681. The lowest BCUT2D eigenvalue weighted by Crippen LogP contribution is -2.20. The minimum Gasteiger partial charge on any atom is -0.493 e. The van der Waals surface area contributed by atoms with Gasteiger partial charge in [-0.2, -0.15) is 13.2 Å². The topological polar surface area (TPSA) is 27.7 Å². The van der Waals surface area contributed by atoms with Gasteiger partial charge in [-0.05, 0) is 26.0 Å². The van der Waals surface area contributed by atoms with Gasteiger partial charge in [-0.15, -0.1) is 0 Å². The smallest absolute Gasteiger partial charge is 0.419 e. The largest absolute Gasteiger partial charge is 0.493 e. The second-order valence-electron chi connectivity index (χ2n) is 3.97. The molecule has 3 nitrogen and oxygen atoms in total. The van der Waals surface area contributed by atoms with Crippen LogP contribution in [0.5, 0.6) is 5.75 Å². The molecular formula is C14H19F3O3. The van der Waals surface area contributed by atoms with E-state index in [1.54, 1.807) is 0 Å². The molecule has 0 saturated carbocycles. The van der Waals surface area contributed by atoms with Crippen molar-refractivity contribution in [1.82, 2.24) is 0 Å². The predicted molar refractivity (Wildman–Crippen MR) is 68.6 cm³/mol. The van der Waals surface area contributed by atoms with E-state index in [1.807, 2.05) is 13.8 Å². The van der Waals surface area contributed by atoms with Gasteiger partial charge in [0.05, 0.1) is 12.2 Å². The first-order valence-corrected chi connectivity index (χ1v) is 6.51. The molecule has 0 aliphatic rings. The van der Waals surface area contributed by atoms with Crippen molar-refractivity contribution in [2.24, 2.45) is 0 Å². The summed E-state index contributed by atoms with van der Waals surface area (Å²) in [6.07, 6.45) is -4.51. The Morgan fingerprint density at radius 2 is 1.65 bits per heavy atom. The zero-order valence-corrected chi connectivity index (χ0v) is 11.6.